The largest absolute Gasteiger partial charge is 0.367 e. The topological polar surface area (TPSA) is 29.5 Å². The van der Waals surface area contributed by atoms with E-state index in [4.69, 9.17) is 16.3 Å². The van der Waals surface area contributed by atoms with E-state index < -0.39 is 0 Å². The molecular formula is C13H16ClNO2. The molecule has 0 N–H and O–H groups in total. The van der Waals surface area contributed by atoms with Crippen molar-refractivity contribution in [2.24, 2.45) is 0 Å². The normalized spacial score (nSPS) is 21.5. The van der Waals surface area contributed by atoms with Crippen LogP contribution in [0.25, 0.3) is 0 Å². The van der Waals surface area contributed by atoms with Crippen LogP contribution in [0.2, 0.25) is 5.02 Å². The third-order valence-electron chi connectivity index (χ3n) is 3.02. The van der Waals surface area contributed by atoms with Gasteiger partial charge in [0.1, 0.15) is 6.10 Å². The van der Waals surface area contributed by atoms with Crippen LogP contribution in [-0.4, -0.2) is 43.5 Å². The molecule has 3 nitrogen and oxygen atoms in total. The van der Waals surface area contributed by atoms with Crippen LogP contribution in [0.3, 0.4) is 0 Å². The average molecular weight is 254 g/mol. The van der Waals surface area contributed by atoms with Crippen LogP contribution in [0.15, 0.2) is 18.2 Å². The lowest BCUT2D eigenvalue weighted by molar-refractivity contribution is -0.00862. The van der Waals surface area contributed by atoms with Gasteiger partial charge in [0, 0.05) is 23.7 Å². The molecule has 0 radical (unpaired) electrons. The molecule has 0 aromatic heterocycles. The van der Waals surface area contributed by atoms with E-state index in [1.807, 2.05) is 26.1 Å². The van der Waals surface area contributed by atoms with Crippen LogP contribution in [0.4, 0.5) is 0 Å². The van der Waals surface area contributed by atoms with Gasteiger partial charge in [-0.15, -0.1) is 0 Å². The summed E-state index contributed by atoms with van der Waals surface area (Å²) in [6, 6.07) is 5.39. The first-order chi connectivity index (χ1) is 8.08. The minimum absolute atomic E-state index is 0.0125. The second kappa shape index (κ2) is 5.17. The highest BCUT2D eigenvalue weighted by Gasteiger charge is 2.25. The van der Waals surface area contributed by atoms with Crippen molar-refractivity contribution in [2.45, 2.75) is 13.0 Å². The monoisotopic (exact) mass is 253 g/mol. The van der Waals surface area contributed by atoms with Crippen molar-refractivity contribution in [3.63, 3.8) is 0 Å². The fourth-order valence-electron chi connectivity index (χ4n) is 1.87. The van der Waals surface area contributed by atoms with E-state index in [9.17, 15) is 4.79 Å². The van der Waals surface area contributed by atoms with Gasteiger partial charge in [0.25, 0.3) is 0 Å². The van der Waals surface area contributed by atoms with Gasteiger partial charge in [0.2, 0.25) is 0 Å². The van der Waals surface area contributed by atoms with Crippen LogP contribution < -0.4 is 0 Å². The third-order valence-corrected chi connectivity index (χ3v) is 3.43. The number of hydrogen-bond donors (Lipinski definition) is 0. The maximum atomic E-state index is 12.2. The van der Waals surface area contributed by atoms with Crippen molar-refractivity contribution in [1.29, 1.82) is 0 Å². The Hall–Kier alpha value is -0.900. The summed E-state index contributed by atoms with van der Waals surface area (Å²) in [4.78, 5) is 14.3. The van der Waals surface area contributed by atoms with Gasteiger partial charge in [-0.25, -0.2) is 0 Å². The molecule has 0 amide bonds. The molecule has 1 saturated heterocycles. The molecule has 1 atom stereocenters. The summed E-state index contributed by atoms with van der Waals surface area (Å²) in [6.07, 6.45) is -0.368. The van der Waals surface area contributed by atoms with Crippen LogP contribution in [0.5, 0.6) is 0 Å². The molecule has 1 aromatic carbocycles. The summed E-state index contributed by atoms with van der Waals surface area (Å²) in [7, 11) is 1.99. The first kappa shape index (κ1) is 12.6. The second-order valence-corrected chi connectivity index (χ2v) is 4.86. The molecule has 0 spiro atoms. The Morgan fingerprint density at radius 3 is 2.94 bits per heavy atom. The predicted octanol–water partition coefficient (Wildman–Crippen LogP) is 2.16. The number of ether oxygens (including phenoxy) is 1. The Kier molecular flexibility index (Phi) is 3.82. The number of Topliss-reactive ketones (excluding diaryl/α,β-unsaturated/α-hetero) is 1. The van der Waals surface area contributed by atoms with Crippen LogP contribution in [-0.2, 0) is 4.74 Å². The summed E-state index contributed by atoms with van der Waals surface area (Å²) in [5, 5.41) is 0.625. The number of aryl methyl sites for hydroxylation is 1. The molecule has 0 saturated carbocycles. The number of hydrogen-bond acceptors (Lipinski definition) is 3. The van der Waals surface area contributed by atoms with Gasteiger partial charge in [-0.3, -0.25) is 4.79 Å². The fraction of sp³-hybridized carbons (Fsp3) is 0.462. The number of carbonyl (C=O) groups is 1. The Labute approximate surface area is 106 Å². The molecular weight excluding hydrogens is 238 g/mol. The highest BCUT2D eigenvalue weighted by molar-refractivity contribution is 6.31. The maximum absolute atomic E-state index is 12.2. The van der Waals surface area contributed by atoms with Gasteiger partial charge in [0.15, 0.2) is 5.78 Å². The molecule has 0 bridgehead atoms. The number of likely N-dealkylation sites (N-methyl/N-ethyl adjacent to an activating group) is 1. The minimum Gasteiger partial charge on any atom is -0.367 e. The summed E-state index contributed by atoms with van der Waals surface area (Å²) >= 11 is 6.02. The molecule has 2 rings (SSSR count). The number of rotatable bonds is 2. The van der Waals surface area contributed by atoms with Crippen LogP contribution in [0, 0.1) is 6.92 Å². The van der Waals surface area contributed by atoms with Crippen molar-refractivity contribution in [1.82, 2.24) is 4.90 Å². The molecule has 1 unspecified atom stereocenters. The van der Waals surface area contributed by atoms with Crippen molar-refractivity contribution < 1.29 is 9.53 Å². The SMILES string of the molecule is Cc1ccc(C(=O)C2CN(C)CCO2)cc1Cl. The molecule has 1 heterocycles. The predicted molar refractivity (Wildman–Crippen MR) is 67.8 cm³/mol. The highest BCUT2D eigenvalue weighted by atomic mass is 35.5. The van der Waals surface area contributed by atoms with Gasteiger partial charge in [-0.2, -0.15) is 0 Å². The Balaban J connectivity index is 2.15. The molecule has 4 heteroatoms. The van der Waals surface area contributed by atoms with E-state index in [2.05, 4.69) is 4.90 Å². The average Bonchev–Trinajstić information content (AvgIpc) is 2.32. The quantitative estimate of drug-likeness (QED) is 0.757. The second-order valence-electron chi connectivity index (χ2n) is 4.45. The zero-order valence-electron chi connectivity index (χ0n) is 10.1. The van der Waals surface area contributed by atoms with Gasteiger partial charge >= 0.3 is 0 Å². The zero-order valence-corrected chi connectivity index (χ0v) is 10.8. The zero-order chi connectivity index (χ0) is 12.4. The van der Waals surface area contributed by atoms with Crippen molar-refractivity contribution >= 4 is 17.4 Å². The van der Waals surface area contributed by atoms with Crippen LogP contribution >= 0.6 is 11.6 Å². The third kappa shape index (κ3) is 2.86. The van der Waals surface area contributed by atoms with Gasteiger partial charge < -0.3 is 9.64 Å². The lowest BCUT2D eigenvalue weighted by atomic mass is 10.0. The van der Waals surface area contributed by atoms with Gasteiger partial charge in [-0.1, -0.05) is 23.7 Å². The smallest absolute Gasteiger partial charge is 0.192 e. The molecule has 92 valence electrons. The summed E-state index contributed by atoms with van der Waals surface area (Å²) in [5.74, 6) is 0.0125. The maximum Gasteiger partial charge on any atom is 0.192 e. The summed E-state index contributed by atoms with van der Waals surface area (Å²) in [6.45, 7) is 4.04. The van der Waals surface area contributed by atoms with E-state index in [0.29, 0.717) is 23.7 Å². The number of ketones is 1. The van der Waals surface area contributed by atoms with Crippen molar-refractivity contribution in [2.75, 3.05) is 26.7 Å². The van der Waals surface area contributed by atoms with E-state index in [1.165, 1.54) is 0 Å². The molecule has 0 aliphatic carbocycles. The first-order valence-electron chi connectivity index (χ1n) is 5.68. The standard InChI is InChI=1S/C13H16ClNO2/c1-9-3-4-10(7-11(9)14)13(16)12-8-15(2)5-6-17-12/h3-4,7,12H,5-6,8H2,1-2H3. The minimum atomic E-state index is -0.368. The Bertz CT molecular complexity index is 433. The lowest BCUT2D eigenvalue weighted by Crippen LogP contribution is -2.44. The van der Waals surface area contributed by atoms with Crippen molar-refractivity contribution in [3.05, 3.63) is 34.3 Å². The van der Waals surface area contributed by atoms with E-state index in [-0.39, 0.29) is 11.9 Å². The Morgan fingerprint density at radius 1 is 1.53 bits per heavy atom. The number of halogens is 1. The number of benzene rings is 1. The van der Waals surface area contributed by atoms with Gasteiger partial charge in [0.05, 0.1) is 6.61 Å². The first-order valence-corrected chi connectivity index (χ1v) is 6.06. The van der Waals surface area contributed by atoms with E-state index in [1.54, 1.807) is 6.07 Å². The lowest BCUT2D eigenvalue weighted by Gasteiger charge is -2.29. The molecule has 1 aliphatic rings. The molecule has 1 aromatic rings. The molecule has 1 aliphatic heterocycles. The summed E-state index contributed by atoms with van der Waals surface area (Å²) < 4.78 is 5.50. The summed E-state index contributed by atoms with van der Waals surface area (Å²) in [5.41, 5.74) is 1.60. The van der Waals surface area contributed by atoms with Crippen molar-refractivity contribution in [3.8, 4) is 0 Å². The molecule has 17 heavy (non-hydrogen) atoms. The number of nitrogens with zero attached hydrogens (tertiary/aromatic N) is 1. The number of carbonyl (C=O) groups excluding carboxylic acids is 1. The fourth-order valence-corrected chi connectivity index (χ4v) is 2.05. The van der Waals surface area contributed by atoms with E-state index in [0.717, 1.165) is 12.1 Å². The van der Waals surface area contributed by atoms with E-state index >= 15 is 0 Å². The van der Waals surface area contributed by atoms with Crippen LogP contribution in [0.1, 0.15) is 15.9 Å². The molecule has 1 fully saturated rings. The number of morpholine rings is 1. The highest BCUT2D eigenvalue weighted by Crippen LogP contribution is 2.19. The Morgan fingerprint density at radius 2 is 2.29 bits per heavy atom. The van der Waals surface area contributed by atoms with Gasteiger partial charge in [-0.05, 0) is 25.6 Å².